The van der Waals surface area contributed by atoms with Gasteiger partial charge in [0.1, 0.15) is 0 Å². The number of amides is 1. The van der Waals surface area contributed by atoms with Crippen LogP contribution in [0.2, 0.25) is 0 Å². The van der Waals surface area contributed by atoms with Gasteiger partial charge in [0.05, 0.1) is 29.5 Å². The van der Waals surface area contributed by atoms with E-state index in [0.29, 0.717) is 39.0 Å². The van der Waals surface area contributed by atoms with E-state index in [1.165, 1.54) is 12.8 Å². The lowest BCUT2D eigenvalue weighted by Gasteiger charge is -2.28. The fraction of sp³-hybridized carbons (Fsp3) is 0.579. The van der Waals surface area contributed by atoms with Crippen LogP contribution in [0.3, 0.4) is 0 Å². The number of para-hydroxylation sites is 2. The minimum absolute atomic E-state index is 0.120. The summed E-state index contributed by atoms with van der Waals surface area (Å²) in [5, 5.41) is 10.8. The zero-order valence-electron chi connectivity index (χ0n) is 14.6. The first-order valence-electron chi connectivity index (χ1n) is 9.25. The number of rotatable bonds is 5. The zero-order valence-corrected chi connectivity index (χ0v) is 14.6. The van der Waals surface area contributed by atoms with E-state index in [4.69, 9.17) is 0 Å². The Morgan fingerprint density at radius 1 is 1.20 bits per heavy atom. The van der Waals surface area contributed by atoms with Crippen LogP contribution >= 0.6 is 0 Å². The third-order valence-electron chi connectivity index (χ3n) is 5.50. The number of carbonyl (C=O) groups is 1. The van der Waals surface area contributed by atoms with Crippen LogP contribution in [0.25, 0.3) is 11.0 Å². The molecule has 6 nitrogen and oxygen atoms in total. The summed E-state index contributed by atoms with van der Waals surface area (Å²) in [6.45, 7) is 4.60. The van der Waals surface area contributed by atoms with E-state index in [9.17, 15) is 9.90 Å². The van der Waals surface area contributed by atoms with Crippen LogP contribution in [0.4, 0.5) is 0 Å². The molecule has 3 heterocycles. The number of β-amino-alcohol motifs (C(OH)–C–C–N with tert-alkyl or cyclic N) is 1. The summed E-state index contributed by atoms with van der Waals surface area (Å²) < 4.78 is 2.03. The van der Waals surface area contributed by atoms with Crippen LogP contribution in [0.1, 0.15) is 25.7 Å². The van der Waals surface area contributed by atoms with Crippen LogP contribution in [0, 0.1) is 0 Å². The predicted octanol–water partition coefficient (Wildman–Crippen LogP) is 1.49. The van der Waals surface area contributed by atoms with Crippen molar-refractivity contribution in [2.24, 2.45) is 0 Å². The second kappa shape index (κ2) is 6.77. The van der Waals surface area contributed by atoms with Gasteiger partial charge in [-0.3, -0.25) is 4.79 Å². The van der Waals surface area contributed by atoms with E-state index in [2.05, 4.69) is 9.88 Å². The Hall–Kier alpha value is -1.92. The lowest BCUT2D eigenvalue weighted by atomic mass is 10.0. The van der Waals surface area contributed by atoms with Crippen LogP contribution in [-0.4, -0.2) is 68.7 Å². The molecule has 2 saturated heterocycles. The molecule has 0 aliphatic carbocycles. The van der Waals surface area contributed by atoms with Crippen LogP contribution < -0.4 is 0 Å². The largest absolute Gasteiger partial charge is 0.387 e. The monoisotopic (exact) mass is 342 g/mol. The highest BCUT2D eigenvalue weighted by molar-refractivity contribution is 5.78. The zero-order chi connectivity index (χ0) is 17.3. The first kappa shape index (κ1) is 16.5. The Kier molecular flexibility index (Phi) is 4.48. The van der Waals surface area contributed by atoms with Gasteiger partial charge < -0.3 is 19.5 Å². The van der Waals surface area contributed by atoms with E-state index >= 15 is 0 Å². The fourth-order valence-electron chi connectivity index (χ4n) is 4.12. The van der Waals surface area contributed by atoms with E-state index in [-0.39, 0.29) is 5.91 Å². The summed E-state index contributed by atoms with van der Waals surface area (Å²) in [6.07, 6.45) is 5.37. The summed E-state index contributed by atoms with van der Waals surface area (Å²) in [5.74, 6) is 0.120. The van der Waals surface area contributed by atoms with Gasteiger partial charge in [0.2, 0.25) is 5.91 Å². The van der Waals surface area contributed by atoms with Gasteiger partial charge in [0.15, 0.2) is 0 Å². The standard InChI is InChI=1S/C19H26N4O2/c24-18(7-11-23-15-20-16-5-1-2-6-17(16)23)22-12-8-19(25,14-22)13-21-9-3-4-10-21/h1-2,5-6,15,25H,3-4,7-14H2/t19-/m1/s1. The molecule has 1 amide bonds. The van der Waals surface area contributed by atoms with Gasteiger partial charge in [-0.25, -0.2) is 4.98 Å². The van der Waals surface area contributed by atoms with E-state index in [0.717, 1.165) is 24.1 Å². The van der Waals surface area contributed by atoms with Crippen molar-refractivity contribution in [2.45, 2.75) is 37.8 Å². The topological polar surface area (TPSA) is 61.6 Å². The van der Waals surface area contributed by atoms with Gasteiger partial charge in [0.25, 0.3) is 0 Å². The molecule has 1 N–H and O–H groups in total. The molecule has 1 aromatic carbocycles. The molecular weight excluding hydrogens is 316 g/mol. The van der Waals surface area contributed by atoms with E-state index in [1.807, 2.05) is 33.7 Å². The third kappa shape index (κ3) is 3.55. The van der Waals surface area contributed by atoms with Crippen molar-refractivity contribution in [2.75, 3.05) is 32.7 Å². The van der Waals surface area contributed by atoms with Gasteiger partial charge in [-0.05, 0) is 44.5 Å². The Morgan fingerprint density at radius 2 is 2.00 bits per heavy atom. The molecule has 2 fully saturated rings. The molecule has 1 aromatic heterocycles. The molecule has 4 rings (SSSR count). The molecule has 1 atom stereocenters. The Bertz CT molecular complexity index is 753. The third-order valence-corrected chi connectivity index (χ3v) is 5.50. The minimum Gasteiger partial charge on any atom is -0.387 e. The van der Waals surface area contributed by atoms with Crippen molar-refractivity contribution >= 4 is 16.9 Å². The molecule has 2 aliphatic rings. The van der Waals surface area contributed by atoms with Crippen molar-refractivity contribution in [3.05, 3.63) is 30.6 Å². The van der Waals surface area contributed by atoms with Crippen LogP contribution in [-0.2, 0) is 11.3 Å². The maximum Gasteiger partial charge on any atom is 0.224 e. The number of aryl methyl sites for hydroxylation is 1. The second-order valence-corrected chi connectivity index (χ2v) is 7.45. The van der Waals surface area contributed by atoms with Gasteiger partial charge in [-0.15, -0.1) is 0 Å². The number of likely N-dealkylation sites (tertiary alicyclic amines) is 2. The Morgan fingerprint density at radius 3 is 2.84 bits per heavy atom. The van der Waals surface area contributed by atoms with Gasteiger partial charge in [-0.2, -0.15) is 0 Å². The average Bonchev–Trinajstić information content (AvgIpc) is 3.33. The summed E-state index contributed by atoms with van der Waals surface area (Å²) in [4.78, 5) is 21.1. The maximum absolute atomic E-state index is 12.6. The number of imidazole rings is 1. The number of aliphatic hydroxyl groups is 1. The number of nitrogens with zero attached hydrogens (tertiary/aromatic N) is 4. The molecular formula is C19H26N4O2. The summed E-state index contributed by atoms with van der Waals surface area (Å²) in [7, 11) is 0. The number of benzene rings is 1. The quantitative estimate of drug-likeness (QED) is 0.894. The van der Waals surface area contributed by atoms with Crippen molar-refractivity contribution < 1.29 is 9.90 Å². The molecule has 134 valence electrons. The number of aromatic nitrogens is 2. The van der Waals surface area contributed by atoms with E-state index in [1.54, 1.807) is 6.33 Å². The number of hydrogen-bond donors (Lipinski definition) is 1. The summed E-state index contributed by atoms with van der Waals surface area (Å²) in [5.41, 5.74) is 1.28. The Balaban J connectivity index is 1.32. The van der Waals surface area contributed by atoms with Gasteiger partial charge in [-0.1, -0.05) is 12.1 Å². The molecule has 0 spiro atoms. The summed E-state index contributed by atoms with van der Waals surface area (Å²) >= 11 is 0. The smallest absolute Gasteiger partial charge is 0.224 e. The molecule has 0 radical (unpaired) electrons. The van der Waals surface area contributed by atoms with Crippen molar-refractivity contribution in [1.29, 1.82) is 0 Å². The SMILES string of the molecule is O=C(CCn1cnc2ccccc21)N1CC[C@@](O)(CN2CCCC2)C1. The maximum atomic E-state index is 12.6. The number of fused-ring (bicyclic) bond motifs is 1. The first-order valence-corrected chi connectivity index (χ1v) is 9.25. The van der Waals surface area contributed by atoms with Crippen molar-refractivity contribution in [3.63, 3.8) is 0 Å². The normalized spacial score (nSPS) is 24.4. The lowest BCUT2D eigenvalue weighted by molar-refractivity contribution is -0.131. The van der Waals surface area contributed by atoms with Crippen molar-refractivity contribution in [3.8, 4) is 0 Å². The van der Waals surface area contributed by atoms with E-state index < -0.39 is 5.60 Å². The molecule has 0 bridgehead atoms. The Labute approximate surface area is 148 Å². The molecule has 2 aliphatic heterocycles. The first-order chi connectivity index (χ1) is 12.1. The highest BCUT2D eigenvalue weighted by Crippen LogP contribution is 2.25. The molecule has 25 heavy (non-hydrogen) atoms. The molecule has 0 saturated carbocycles. The molecule has 2 aromatic rings. The molecule has 0 unspecified atom stereocenters. The minimum atomic E-state index is -0.734. The second-order valence-electron chi connectivity index (χ2n) is 7.45. The predicted molar refractivity (Wildman–Crippen MR) is 96.2 cm³/mol. The van der Waals surface area contributed by atoms with Gasteiger partial charge >= 0.3 is 0 Å². The fourth-order valence-corrected chi connectivity index (χ4v) is 4.12. The number of carbonyl (C=O) groups excluding carboxylic acids is 1. The highest BCUT2D eigenvalue weighted by Gasteiger charge is 2.39. The summed E-state index contributed by atoms with van der Waals surface area (Å²) in [6, 6.07) is 7.96. The lowest BCUT2D eigenvalue weighted by Crippen LogP contribution is -2.45. The number of hydrogen-bond acceptors (Lipinski definition) is 4. The average molecular weight is 342 g/mol. The van der Waals surface area contributed by atoms with Crippen LogP contribution in [0.5, 0.6) is 0 Å². The highest BCUT2D eigenvalue weighted by atomic mass is 16.3. The van der Waals surface area contributed by atoms with Crippen molar-refractivity contribution in [1.82, 2.24) is 19.4 Å². The molecule has 6 heteroatoms. The van der Waals surface area contributed by atoms with Crippen LogP contribution in [0.15, 0.2) is 30.6 Å². The van der Waals surface area contributed by atoms with Gasteiger partial charge in [0, 0.05) is 26.1 Å².